The van der Waals surface area contributed by atoms with Crippen molar-refractivity contribution in [1.82, 2.24) is 0 Å². The van der Waals surface area contributed by atoms with Gasteiger partial charge >= 0.3 is 0 Å². The first-order chi connectivity index (χ1) is 5.74. The van der Waals surface area contributed by atoms with Crippen LogP contribution in [0.2, 0.25) is 0 Å². The molecule has 0 radical (unpaired) electrons. The van der Waals surface area contributed by atoms with Crippen molar-refractivity contribution in [1.29, 1.82) is 0 Å². The number of benzene rings is 1. The van der Waals surface area contributed by atoms with Gasteiger partial charge in [-0.3, -0.25) is 0 Å². The lowest BCUT2D eigenvalue weighted by atomic mass is 10.1. The third-order valence-corrected chi connectivity index (χ3v) is 1.85. The van der Waals surface area contributed by atoms with Crippen LogP contribution in [0.25, 0.3) is 0 Å². The summed E-state index contributed by atoms with van der Waals surface area (Å²) in [7, 11) is 0. The van der Waals surface area contributed by atoms with Crippen LogP contribution in [0.3, 0.4) is 0 Å². The summed E-state index contributed by atoms with van der Waals surface area (Å²) in [5.41, 5.74) is 0.569. The Morgan fingerprint density at radius 2 is 2.25 bits per heavy atom. The smallest absolute Gasteiger partial charge is 0.127 e. The molecule has 0 N–H and O–H groups in total. The monoisotopic (exact) mass is 184 g/mol. The molecule has 0 amide bonds. The minimum Gasteiger partial charge on any atom is -0.303 e. The standard InChI is InChI=1S/C9H9FOS/c10-9-6-8(12)4-3-7(9)2-1-5-11/h3-6,12H,1-2H2. The number of halogens is 1. The van der Waals surface area contributed by atoms with E-state index >= 15 is 0 Å². The van der Waals surface area contributed by atoms with Gasteiger partial charge in [-0.2, -0.15) is 0 Å². The Bertz CT molecular complexity index is 286. The predicted molar refractivity (Wildman–Crippen MR) is 48.0 cm³/mol. The lowest BCUT2D eigenvalue weighted by molar-refractivity contribution is -0.107. The number of hydrogen-bond acceptors (Lipinski definition) is 2. The molecule has 0 aliphatic heterocycles. The molecule has 64 valence electrons. The fraction of sp³-hybridized carbons (Fsp3) is 0.222. The molecule has 0 heterocycles. The minimum atomic E-state index is -0.288. The van der Waals surface area contributed by atoms with Crippen LogP contribution in [0, 0.1) is 5.82 Å². The van der Waals surface area contributed by atoms with Crippen LogP contribution in [-0.2, 0) is 11.2 Å². The highest BCUT2D eigenvalue weighted by molar-refractivity contribution is 7.80. The van der Waals surface area contributed by atoms with E-state index < -0.39 is 0 Å². The lowest BCUT2D eigenvalue weighted by Gasteiger charge is -2.00. The Balaban J connectivity index is 2.78. The molecule has 3 heteroatoms. The zero-order valence-electron chi connectivity index (χ0n) is 6.46. The minimum absolute atomic E-state index is 0.288. The van der Waals surface area contributed by atoms with Crippen molar-refractivity contribution in [2.45, 2.75) is 17.7 Å². The number of rotatable bonds is 3. The molecule has 0 saturated carbocycles. The molecule has 0 spiro atoms. The second-order valence-electron chi connectivity index (χ2n) is 2.48. The Morgan fingerprint density at radius 3 is 2.83 bits per heavy atom. The summed E-state index contributed by atoms with van der Waals surface area (Å²) >= 11 is 3.98. The summed E-state index contributed by atoms with van der Waals surface area (Å²) in [6, 6.07) is 4.72. The van der Waals surface area contributed by atoms with Crippen LogP contribution in [0.1, 0.15) is 12.0 Å². The van der Waals surface area contributed by atoms with Crippen LogP contribution in [0.5, 0.6) is 0 Å². The van der Waals surface area contributed by atoms with E-state index in [1.165, 1.54) is 6.07 Å². The summed E-state index contributed by atoms with van der Waals surface area (Å²) in [4.78, 5) is 10.6. The highest BCUT2D eigenvalue weighted by Crippen LogP contribution is 2.14. The van der Waals surface area contributed by atoms with E-state index in [-0.39, 0.29) is 5.82 Å². The van der Waals surface area contributed by atoms with Crippen molar-refractivity contribution in [3.8, 4) is 0 Å². The summed E-state index contributed by atoms with van der Waals surface area (Å²) in [5.74, 6) is -0.288. The molecule has 12 heavy (non-hydrogen) atoms. The van der Waals surface area contributed by atoms with E-state index in [9.17, 15) is 9.18 Å². The van der Waals surface area contributed by atoms with Crippen LogP contribution >= 0.6 is 12.6 Å². The van der Waals surface area contributed by atoms with E-state index in [4.69, 9.17) is 0 Å². The van der Waals surface area contributed by atoms with Crippen molar-refractivity contribution in [3.63, 3.8) is 0 Å². The zero-order valence-corrected chi connectivity index (χ0v) is 7.35. The van der Waals surface area contributed by atoms with Gasteiger partial charge in [0.05, 0.1) is 0 Å². The van der Waals surface area contributed by atoms with Gasteiger partial charge in [0.15, 0.2) is 0 Å². The van der Waals surface area contributed by atoms with E-state index in [0.29, 0.717) is 23.3 Å². The molecule has 0 bridgehead atoms. The number of aryl methyl sites for hydroxylation is 1. The molecular formula is C9H9FOS. The third-order valence-electron chi connectivity index (χ3n) is 1.57. The van der Waals surface area contributed by atoms with Gasteiger partial charge in [-0.15, -0.1) is 12.6 Å². The van der Waals surface area contributed by atoms with Gasteiger partial charge in [0.2, 0.25) is 0 Å². The van der Waals surface area contributed by atoms with Crippen molar-refractivity contribution < 1.29 is 9.18 Å². The largest absolute Gasteiger partial charge is 0.303 e. The molecule has 1 rings (SSSR count). The summed E-state index contributed by atoms with van der Waals surface area (Å²) in [6.07, 6.45) is 1.61. The lowest BCUT2D eigenvalue weighted by Crippen LogP contribution is -1.90. The van der Waals surface area contributed by atoms with Crippen molar-refractivity contribution in [3.05, 3.63) is 29.6 Å². The highest BCUT2D eigenvalue weighted by Gasteiger charge is 2.00. The van der Waals surface area contributed by atoms with Gasteiger partial charge in [-0.25, -0.2) is 4.39 Å². The van der Waals surface area contributed by atoms with Crippen molar-refractivity contribution in [2.24, 2.45) is 0 Å². The molecule has 0 atom stereocenters. The van der Waals surface area contributed by atoms with Gasteiger partial charge in [0.1, 0.15) is 12.1 Å². The Kier molecular flexibility index (Phi) is 3.29. The maximum atomic E-state index is 13.0. The topological polar surface area (TPSA) is 17.1 Å². The average Bonchev–Trinajstić information content (AvgIpc) is 2.03. The normalized spacial score (nSPS) is 9.83. The van der Waals surface area contributed by atoms with E-state index in [2.05, 4.69) is 12.6 Å². The van der Waals surface area contributed by atoms with Gasteiger partial charge in [0, 0.05) is 11.3 Å². The molecular weight excluding hydrogens is 175 g/mol. The summed E-state index contributed by atoms with van der Waals surface area (Å²) in [5, 5.41) is 0. The highest BCUT2D eigenvalue weighted by atomic mass is 32.1. The molecule has 0 aromatic heterocycles. The molecule has 0 aliphatic carbocycles. The van der Waals surface area contributed by atoms with E-state index in [0.717, 1.165) is 6.29 Å². The SMILES string of the molecule is O=CCCc1ccc(S)cc1F. The second kappa shape index (κ2) is 4.26. The molecule has 0 unspecified atom stereocenters. The molecule has 1 aromatic carbocycles. The maximum absolute atomic E-state index is 13.0. The average molecular weight is 184 g/mol. The fourth-order valence-electron chi connectivity index (χ4n) is 0.953. The first-order valence-electron chi connectivity index (χ1n) is 3.65. The Hall–Kier alpha value is -0.830. The Labute approximate surface area is 76.0 Å². The first kappa shape index (κ1) is 9.26. The molecule has 0 saturated heterocycles. The molecule has 1 nitrogen and oxygen atoms in total. The second-order valence-corrected chi connectivity index (χ2v) is 3.00. The maximum Gasteiger partial charge on any atom is 0.127 e. The third kappa shape index (κ3) is 2.34. The van der Waals surface area contributed by atoms with Gasteiger partial charge in [-0.05, 0) is 24.1 Å². The van der Waals surface area contributed by atoms with E-state index in [1.807, 2.05) is 0 Å². The predicted octanol–water partition coefficient (Wildman–Crippen LogP) is 2.25. The van der Waals surface area contributed by atoms with Crippen molar-refractivity contribution >= 4 is 18.9 Å². The van der Waals surface area contributed by atoms with Crippen LogP contribution < -0.4 is 0 Å². The van der Waals surface area contributed by atoms with Crippen LogP contribution in [0.15, 0.2) is 23.1 Å². The number of carbonyl (C=O) groups is 1. The number of carbonyl (C=O) groups excluding carboxylic acids is 1. The van der Waals surface area contributed by atoms with Gasteiger partial charge in [-0.1, -0.05) is 6.07 Å². The summed E-state index contributed by atoms with van der Waals surface area (Å²) in [6.45, 7) is 0. The van der Waals surface area contributed by atoms with Gasteiger partial charge in [0.25, 0.3) is 0 Å². The number of aldehydes is 1. The van der Waals surface area contributed by atoms with Crippen LogP contribution in [0.4, 0.5) is 4.39 Å². The van der Waals surface area contributed by atoms with Crippen LogP contribution in [-0.4, -0.2) is 6.29 Å². The van der Waals surface area contributed by atoms with Gasteiger partial charge < -0.3 is 4.79 Å². The molecule has 0 aliphatic rings. The number of hydrogen-bond donors (Lipinski definition) is 1. The summed E-state index contributed by atoms with van der Waals surface area (Å²) < 4.78 is 13.0. The fourth-order valence-corrected chi connectivity index (χ4v) is 1.14. The van der Waals surface area contributed by atoms with Crippen molar-refractivity contribution in [2.75, 3.05) is 0 Å². The van der Waals surface area contributed by atoms with E-state index in [1.54, 1.807) is 12.1 Å². The quantitative estimate of drug-likeness (QED) is 0.563. The zero-order chi connectivity index (χ0) is 8.97. The number of thiol groups is 1. The molecule has 0 fully saturated rings. The molecule has 1 aromatic rings. The Morgan fingerprint density at radius 1 is 1.50 bits per heavy atom. The first-order valence-corrected chi connectivity index (χ1v) is 4.10.